The number of rotatable bonds is 4. The van der Waals surface area contributed by atoms with Crippen LogP contribution >= 0.6 is 0 Å². The Bertz CT molecular complexity index is 282. The maximum absolute atomic E-state index is 10.5. The van der Waals surface area contributed by atoms with Crippen LogP contribution in [-0.2, 0) is 4.79 Å². The van der Waals surface area contributed by atoms with Crippen LogP contribution < -0.4 is 5.32 Å². The minimum Gasteiger partial charge on any atom is -0.478 e. The molecule has 0 aromatic carbocycles. The molecule has 0 aromatic rings. The van der Waals surface area contributed by atoms with Crippen LogP contribution in [0.15, 0.2) is 11.6 Å². The fourth-order valence-corrected chi connectivity index (χ4v) is 2.42. The predicted octanol–water partition coefficient (Wildman–Crippen LogP) is 2.58. The molecule has 16 heavy (non-hydrogen) atoms. The molecule has 92 valence electrons. The van der Waals surface area contributed by atoms with Crippen LogP contribution in [0.1, 0.15) is 46.5 Å². The number of hydrogen-bond donors (Lipinski definition) is 2. The maximum Gasteiger partial charge on any atom is 0.328 e. The van der Waals surface area contributed by atoms with E-state index in [0.29, 0.717) is 18.0 Å². The third kappa shape index (κ3) is 3.97. The van der Waals surface area contributed by atoms with Crippen molar-refractivity contribution >= 4 is 5.97 Å². The van der Waals surface area contributed by atoms with E-state index in [4.69, 9.17) is 5.11 Å². The molecule has 0 saturated heterocycles. The van der Waals surface area contributed by atoms with Gasteiger partial charge in [-0.2, -0.15) is 0 Å². The van der Waals surface area contributed by atoms with E-state index in [-0.39, 0.29) is 0 Å². The normalized spacial score (nSPS) is 25.4. The van der Waals surface area contributed by atoms with Gasteiger partial charge in [0.15, 0.2) is 0 Å². The zero-order chi connectivity index (χ0) is 12.2. The van der Waals surface area contributed by atoms with Crippen LogP contribution in [0, 0.1) is 5.41 Å². The summed E-state index contributed by atoms with van der Waals surface area (Å²) in [6.07, 6.45) is 6.33. The lowest BCUT2D eigenvalue weighted by Gasteiger charge is -2.39. The maximum atomic E-state index is 10.5. The second-order valence-electron chi connectivity index (χ2n) is 5.50. The molecule has 0 aromatic heterocycles. The molecule has 0 bridgehead atoms. The van der Waals surface area contributed by atoms with Crippen LogP contribution in [0.4, 0.5) is 0 Å². The summed E-state index contributed by atoms with van der Waals surface area (Å²) < 4.78 is 0. The summed E-state index contributed by atoms with van der Waals surface area (Å²) in [6, 6.07) is 0.512. The second-order valence-corrected chi connectivity index (χ2v) is 5.50. The molecule has 0 radical (unpaired) electrons. The van der Waals surface area contributed by atoms with E-state index < -0.39 is 5.97 Å². The largest absolute Gasteiger partial charge is 0.478 e. The minimum atomic E-state index is -0.859. The van der Waals surface area contributed by atoms with E-state index in [1.54, 1.807) is 0 Å². The van der Waals surface area contributed by atoms with Gasteiger partial charge in [0, 0.05) is 18.7 Å². The highest BCUT2D eigenvalue weighted by Crippen LogP contribution is 2.35. The second kappa shape index (κ2) is 5.48. The van der Waals surface area contributed by atoms with Gasteiger partial charge in [0.1, 0.15) is 0 Å². The van der Waals surface area contributed by atoms with Crippen LogP contribution in [0.5, 0.6) is 0 Å². The van der Waals surface area contributed by atoms with Crippen molar-refractivity contribution in [2.75, 3.05) is 6.54 Å². The highest BCUT2D eigenvalue weighted by Gasteiger charge is 2.31. The van der Waals surface area contributed by atoms with Crippen molar-refractivity contribution in [3.05, 3.63) is 11.6 Å². The van der Waals surface area contributed by atoms with E-state index in [9.17, 15) is 4.79 Å². The number of carboxylic acids is 1. The fourth-order valence-electron chi connectivity index (χ4n) is 2.42. The van der Waals surface area contributed by atoms with Crippen molar-refractivity contribution in [1.82, 2.24) is 5.32 Å². The lowest BCUT2D eigenvalue weighted by molar-refractivity contribution is -0.131. The number of carboxylic acid groups (broad SMARTS) is 1. The lowest BCUT2D eigenvalue weighted by atomic mass is 9.73. The van der Waals surface area contributed by atoms with Crippen molar-refractivity contribution in [1.29, 1.82) is 0 Å². The van der Waals surface area contributed by atoms with Crippen molar-refractivity contribution in [3.8, 4) is 0 Å². The third-order valence-electron chi connectivity index (χ3n) is 3.50. The summed E-state index contributed by atoms with van der Waals surface area (Å²) in [4.78, 5) is 10.5. The molecule has 1 aliphatic rings. The predicted molar refractivity (Wildman–Crippen MR) is 65.4 cm³/mol. The average Bonchev–Trinajstić information content (AvgIpc) is 2.14. The molecule has 0 spiro atoms. The van der Waals surface area contributed by atoms with Crippen LogP contribution in [0.25, 0.3) is 0 Å². The Morgan fingerprint density at radius 1 is 1.50 bits per heavy atom. The SMILES string of the molecule is CC(=CC(=O)O)CNC1CCCCC1(C)C. The Hall–Kier alpha value is -0.830. The summed E-state index contributed by atoms with van der Waals surface area (Å²) in [5, 5.41) is 12.1. The fraction of sp³-hybridized carbons (Fsp3) is 0.769. The summed E-state index contributed by atoms with van der Waals surface area (Å²) >= 11 is 0. The first-order valence-corrected chi connectivity index (χ1v) is 6.05. The Morgan fingerprint density at radius 3 is 2.75 bits per heavy atom. The number of hydrogen-bond acceptors (Lipinski definition) is 2. The first-order valence-electron chi connectivity index (χ1n) is 6.05. The summed E-state index contributed by atoms with van der Waals surface area (Å²) in [6.45, 7) is 7.12. The highest BCUT2D eigenvalue weighted by atomic mass is 16.4. The van der Waals surface area contributed by atoms with Crippen molar-refractivity contribution in [2.24, 2.45) is 5.41 Å². The first kappa shape index (κ1) is 13.2. The van der Waals surface area contributed by atoms with Gasteiger partial charge in [0.05, 0.1) is 0 Å². The molecule has 1 unspecified atom stereocenters. The van der Waals surface area contributed by atoms with Crippen molar-refractivity contribution in [2.45, 2.75) is 52.5 Å². The zero-order valence-corrected chi connectivity index (χ0v) is 10.5. The summed E-state index contributed by atoms with van der Waals surface area (Å²) in [7, 11) is 0. The van der Waals surface area contributed by atoms with Gasteiger partial charge in [0.25, 0.3) is 0 Å². The van der Waals surface area contributed by atoms with E-state index >= 15 is 0 Å². The molecule has 3 nitrogen and oxygen atoms in total. The molecule has 1 fully saturated rings. The molecule has 1 saturated carbocycles. The average molecular weight is 225 g/mol. The molecule has 1 aliphatic carbocycles. The number of aliphatic carboxylic acids is 1. The molecular formula is C13H23NO2. The molecule has 0 amide bonds. The van der Waals surface area contributed by atoms with E-state index in [1.807, 2.05) is 6.92 Å². The van der Waals surface area contributed by atoms with Gasteiger partial charge >= 0.3 is 5.97 Å². The first-order chi connectivity index (χ1) is 7.42. The highest BCUT2D eigenvalue weighted by molar-refractivity contribution is 5.80. The van der Waals surface area contributed by atoms with Crippen molar-refractivity contribution < 1.29 is 9.90 Å². The van der Waals surface area contributed by atoms with Gasteiger partial charge < -0.3 is 10.4 Å². The van der Waals surface area contributed by atoms with Crippen LogP contribution in [0.2, 0.25) is 0 Å². The molecule has 3 heteroatoms. The molecular weight excluding hydrogens is 202 g/mol. The molecule has 2 N–H and O–H groups in total. The Kier molecular flexibility index (Phi) is 4.54. The quantitative estimate of drug-likeness (QED) is 0.723. The van der Waals surface area contributed by atoms with Gasteiger partial charge in [-0.1, -0.05) is 32.3 Å². The van der Waals surface area contributed by atoms with Gasteiger partial charge in [-0.25, -0.2) is 4.79 Å². The Labute approximate surface area is 97.9 Å². The molecule has 1 rings (SSSR count). The Morgan fingerprint density at radius 2 is 2.19 bits per heavy atom. The van der Waals surface area contributed by atoms with Crippen LogP contribution in [-0.4, -0.2) is 23.7 Å². The summed E-state index contributed by atoms with van der Waals surface area (Å²) in [5.41, 5.74) is 1.22. The van der Waals surface area contributed by atoms with Gasteiger partial charge in [-0.05, 0) is 25.2 Å². The minimum absolute atomic E-state index is 0.335. The third-order valence-corrected chi connectivity index (χ3v) is 3.50. The van der Waals surface area contributed by atoms with Crippen molar-refractivity contribution in [3.63, 3.8) is 0 Å². The number of carbonyl (C=O) groups is 1. The standard InChI is InChI=1S/C13H23NO2/c1-10(8-12(15)16)9-14-11-6-4-5-7-13(11,2)3/h8,11,14H,4-7,9H2,1-3H3,(H,15,16). The van der Waals surface area contributed by atoms with E-state index in [0.717, 1.165) is 5.57 Å². The van der Waals surface area contributed by atoms with E-state index in [1.165, 1.54) is 31.8 Å². The van der Waals surface area contributed by atoms with Gasteiger partial charge in [-0.3, -0.25) is 0 Å². The number of nitrogens with one attached hydrogen (secondary N) is 1. The zero-order valence-electron chi connectivity index (χ0n) is 10.5. The molecule has 0 heterocycles. The molecule has 0 aliphatic heterocycles. The van der Waals surface area contributed by atoms with Gasteiger partial charge in [-0.15, -0.1) is 0 Å². The summed E-state index contributed by atoms with van der Waals surface area (Å²) in [5.74, 6) is -0.859. The Balaban J connectivity index is 2.45. The van der Waals surface area contributed by atoms with E-state index in [2.05, 4.69) is 19.2 Å². The van der Waals surface area contributed by atoms with Crippen LogP contribution in [0.3, 0.4) is 0 Å². The molecule has 1 atom stereocenters. The smallest absolute Gasteiger partial charge is 0.328 e. The monoisotopic (exact) mass is 225 g/mol. The lowest BCUT2D eigenvalue weighted by Crippen LogP contribution is -2.44. The topological polar surface area (TPSA) is 49.3 Å². The van der Waals surface area contributed by atoms with Gasteiger partial charge in [0.2, 0.25) is 0 Å².